The van der Waals surface area contributed by atoms with E-state index in [1.165, 1.54) is 20.8 Å². The fraction of sp³-hybridized carbons (Fsp3) is 0.500. The number of hydrogen-bond donors (Lipinski definition) is 0. The van der Waals surface area contributed by atoms with Gasteiger partial charge < -0.3 is 4.79 Å². The van der Waals surface area contributed by atoms with Crippen LogP contribution < -0.4 is 0 Å². The fourth-order valence-corrected chi connectivity index (χ4v) is 0. The lowest BCUT2D eigenvalue weighted by atomic mass is 10.5. The predicted molar refractivity (Wildman–Crippen MR) is 33.1 cm³/mol. The molecular weight excluding hydrogens is 120 g/mol. The van der Waals surface area contributed by atoms with Crippen LogP contribution in [0.5, 0.6) is 0 Å². The highest BCUT2D eigenvalue weighted by Gasteiger charge is 1.76. The first-order valence-electron chi connectivity index (χ1n) is 2.43. The number of ketones is 2. The second-order valence-electron chi connectivity index (χ2n) is 1.64. The fourth-order valence-electron chi connectivity index (χ4n) is 0. The summed E-state index contributed by atoms with van der Waals surface area (Å²) in [4.78, 5) is 28.0. The summed E-state index contributed by atoms with van der Waals surface area (Å²) in [6.07, 6.45) is 0.278. The summed E-state index contributed by atoms with van der Waals surface area (Å²) in [7, 11) is 0. The third kappa shape index (κ3) is 172. The highest BCUT2D eigenvalue weighted by molar-refractivity contribution is 6.23. The van der Waals surface area contributed by atoms with Crippen LogP contribution in [0, 0.1) is 0 Å². The summed E-state index contributed by atoms with van der Waals surface area (Å²) < 4.78 is 0. The maximum Gasteiger partial charge on any atom is 0.192 e. The van der Waals surface area contributed by atoms with E-state index in [2.05, 4.69) is 0 Å². The van der Waals surface area contributed by atoms with Crippen molar-refractivity contribution in [3.05, 3.63) is 0 Å². The van der Waals surface area contributed by atoms with Gasteiger partial charge in [0.25, 0.3) is 0 Å². The molecule has 0 unspecified atom stereocenters. The maximum absolute atomic E-state index is 9.44. The number of rotatable bonds is 1. The Morgan fingerprint density at radius 3 is 1.22 bits per heavy atom. The average molecular weight is 130 g/mol. The van der Waals surface area contributed by atoms with Gasteiger partial charge in [-0.25, -0.2) is 0 Å². The van der Waals surface area contributed by atoms with Crippen LogP contribution in [0.3, 0.4) is 0 Å². The normalized spacial score (nSPS) is 6.56. The molecule has 0 saturated carbocycles. The van der Waals surface area contributed by atoms with E-state index in [0.29, 0.717) is 0 Å². The Morgan fingerprint density at radius 2 is 1.22 bits per heavy atom. The number of carbonyl (C=O) groups excluding carboxylic acids is 3. The Hall–Kier alpha value is -0.990. The zero-order valence-corrected chi connectivity index (χ0v) is 5.80. The van der Waals surface area contributed by atoms with E-state index in [9.17, 15) is 9.59 Å². The van der Waals surface area contributed by atoms with Gasteiger partial charge >= 0.3 is 0 Å². The molecule has 0 amide bonds. The molecule has 0 N–H and O–H groups in total. The second kappa shape index (κ2) is 7.01. The molecule has 0 bridgehead atoms. The van der Waals surface area contributed by atoms with Crippen LogP contribution in [0.4, 0.5) is 0 Å². The molecule has 0 aromatic rings. The van der Waals surface area contributed by atoms with Gasteiger partial charge in [-0.15, -0.1) is 0 Å². The zero-order valence-electron chi connectivity index (χ0n) is 5.80. The van der Waals surface area contributed by atoms with Crippen molar-refractivity contribution in [1.29, 1.82) is 0 Å². The Morgan fingerprint density at radius 1 is 1.11 bits per heavy atom. The minimum Gasteiger partial charge on any atom is -0.300 e. The minimum atomic E-state index is -0.426. The Kier molecular flexibility index (Phi) is 8.49. The summed E-state index contributed by atoms with van der Waals surface area (Å²) in [5.41, 5.74) is 0. The molecule has 0 saturated heterocycles. The Balaban J connectivity index is 0. The Labute approximate surface area is 54.1 Å². The van der Waals surface area contributed by atoms with E-state index in [0.717, 1.165) is 0 Å². The molecule has 0 aromatic carbocycles. The summed E-state index contributed by atoms with van der Waals surface area (Å²) in [6, 6.07) is 0. The highest BCUT2D eigenvalue weighted by atomic mass is 16.2. The Bertz CT molecular complexity index is 111. The van der Waals surface area contributed by atoms with Crippen LogP contribution >= 0.6 is 0 Å². The summed E-state index contributed by atoms with van der Waals surface area (Å²) in [5.74, 6) is -0.259. The topological polar surface area (TPSA) is 51.2 Å². The quantitative estimate of drug-likeness (QED) is 0.380. The largest absolute Gasteiger partial charge is 0.300 e. The molecule has 0 rings (SSSR count). The summed E-state index contributed by atoms with van der Waals surface area (Å²) in [5, 5.41) is 0. The average Bonchev–Trinajstić information content (AvgIpc) is 1.65. The van der Waals surface area contributed by atoms with E-state index in [-0.39, 0.29) is 12.1 Å². The molecule has 0 aromatic heterocycles. The van der Waals surface area contributed by atoms with Crippen molar-refractivity contribution in [3.63, 3.8) is 0 Å². The van der Waals surface area contributed by atoms with Crippen LogP contribution in [0.15, 0.2) is 0 Å². The van der Waals surface area contributed by atoms with Crippen LogP contribution in [-0.2, 0) is 14.4 Å². The van der Waals surface area contributed by atoms with E-state index in [1.807, 2.05) is 0 Å². The number of carbonyl (C=O) groups is 3. The smallest absolute Gasteiger partial charge is 0.192 e. The molecule has 9 heavy (non-hydrogen) atoms. The van der Waals surface area contributed by atoms with Gasteiger partial charge in [0.2, 0.25) is 0 Å². The summed E-state index contributed by atoms with van der Waals surface area (Å²) >= 11 is 0. The standard InChI is InChI=1S/C3H4O2.C3H6O/c1-3(5)2-4;1-3(2)4/h2H,1H3;1-2H3. The van der Waals surface area contributed by atoms with Gasteiger partial charge in [-0.2, -0.15) is 0 Å². The predicted octanol–water partition coefficient (Wildman–Crippen LogP) is 0.370. The first-order chi connectivity index (χ1) is 4.00. The van der Waals surface area contributed by atoms with Gasteiger partial charge in [-0.3, -0.25) is 9.59 Å². The van der Waals surface area contributed by atoms with Crippen LogP contribution in [0.1, 0.15) is 20.8 Å². The van der Waals surface area contributed by atoms with Crippen molar-refractivity contribution in [1.82, 2.24) is 0 Å². The van der Waals surface area contributed by atoms with Crippen molar-refractivity contribution >= 4 is 17.9 Å². The molecule has 0 spiro atoms. The van der Waals surface area contributed by atoms with Gasteiger partial charge in [0.05, 0.1) is 0 Å². The minimum absolute atomic E-state index is 0.167. The second-order valence-corrected chi connectivity index (χ2v) is 1.64. The molecular formula is C6H10O3. The molecule has 0 aliphatic rings. The third-order valence-corrected chi connectivity index (χ3v) is 0.166. The number of Topliss-reactive ketones (excluding diaryl/α,β-unsaturated/α-hetero) is 2. The number of aldehydes is 1. The molecule has 0 heterocycles. The van der Waals surface area contributed by atoms with Crippen molar-refractivity contribution in [2.45, 2.75) is 20.8 Å². The number of hydrogen-bond acceptors (Lipinski definition) is 3. The van der Waals surface area contributed by atoms with Crippen molar-refractivity contribution in [3.8, 4) is 0 Å². The van der Waals surface area contributed by atoms with Crippen LogP contribution in [0.25, 0.3) is 0 Å². The van der Waals surface area contributed by atoms with Crippen LogP contribution in [-0.4, -0.2) is 17.9 Å². The monoisotopic (exact) mass is 130 g/mol. The zero-order chi connectivity index (χ0) is 7.86. The van der Waals surface area contributed by atoms with Gasteiger partial charge in [-0.05, 0) is 13.8 Å². The highest BCUT2D eigenvalue weighted by Crippen LogP contribution is 1.50. The lowest BCUT2D eigenvalue weighted by molar-refractivity contribution is -0.128. The van der Waals surface area contributed by atoms with Crippen molar-refractivity contribution in [2.24, 2.45) is 0 Å². The molecule has 0 fully saturated rings. The van der Waals surface area contributed by atoms with Gasteiger partial charge in [0.15, 0.2) is 12.1 Å². The molecule has 0 radical (unpaired) electrons. The lowest BCUT2D eigenvalue weighted by Crippen LogP contribution is -1.85. The lowest BCUT2D eigenvalue weighted by Gasteiger charge is -1.57. The van der Waals surface area contributed by atoms with Gasteiger partial charge in [-0.1, -0.05) is 0 Å². The molecule has 0 aliphatic carbocycles. The van der Waals surface area contributed by atoms with Crippen LogP contribution in [0.2, 0.25) is 0 Å². The molecule has 0 atom stereocenters. The van der Waals surface area contributed by atoms with E-state index in [1.54, 1.807) is 0 Å². The third-order valence-electron chi connectivity index (χ3n) is 0.166. The van der Waals surface area contributed by atoms with Gasteiger partial charge in [0, 0.05) is 6.92 Å². The molecule has 52 valence electrons. The van der Waals surface area contributed by atoms with E-state index >= 15 is 0 Å². The van der Waals surface area contributed by atoms with Crippen molar-refractivity contribution < 1.29 is 14.4 Å². The molecule has 3 heteroatoms. The summed E-state index contributed by atoms with van der Waals surface area (Å²) in [6.45, 7) is 4.27. The van der Waals surface area contributed by atoms with E-state index < -0.39 is 5.78 Å². The molecule has 3 nitrogen and oxygen atoms in total. The van der Waals surface area contributed by atoms with Gasteiger partial charge in [0.1, 0.15) is 5.78 Å². The van der Waals surface area contributed by atoms with Crippen molar-refractivity contribution in [2.75, 3.05) is 0 Å². The van der Waals surface area contributed by atoms with E-state index in [4.69, 9.17) is 4.79 Å². The molecule has 0 aliphatic heterocycles. The SMILES string of the molecule is CC(=O)C=O.CC(C)=O. The first kappa shape index (κ1) is 10.9. The first-order valence-corrected chi connectivity index (χ1v) is 2.43. The maximum atomic E-state index is 9.44.